The topological polar surface area (TPSA) is 67.9 Å². The Labute approximate surface area is 136 Å². The molecule has 23 heavy (non-hydrogen) atoms. The molecule has 1 aromatic rings. The third-order valence-electron chi connectivity index (χ3n) is 4.28. The molecule has 126 valence electrons. The first-order chi connectivity index (χ1) is 11.0. The molecule has 0 aliphatic carbocycles. The molecule has 0 saturated carbocycles. The smallest absolute Gasteiger partial charge is 0.314 e. The summed E-state index contributed by atoms with van der Waals surface area (Å²) >= 11 is 0. The fourth-order valence-electron chi connectivity index (χ4n) is 3.02. The predicted octanol–water partition coefficient (Wildman–Crippen LogP) is 2.43. The first-order valence-corrected chi connectivity index (χ1v) is 7.83. The Hall–Kier alpha value is -2.24. The number of carbonyl (C=O) groups excluding carboxylic acids is 2. The zero-order chi connectivity index (χ0) is 17.0. The summed E-state index contributed by atoms with van der Waals surface area (Å²) in [5.41, 5.74) is 0.448. The van der Waals surface area contributed by atoms with Gasteiger partial charge >= 0.3 is 11.8 Å². The number of anilines is 1. The summed E-state index contributed by atoms with van der Waals surface area (Å²) in [5, 5.41) is 2.64. The summed E-state index contributed by atoms with van der Waals surface area (Å²) in [6, 6.07) is 5.18. The van der Waals surface area contributed by atoms with Gasteiger partial charge in [0.15, 0.2) is 0 Å². The van der Waals surface area contributed by atoms with Gasteiger partial charge in [-0.1, -0.05) is 0 Å². The summed E-state index contributed by atoms with van der Waals surface area (Å²) in [7, 11) is 3.05. The molecule has 1 aliphatic heterocycles. The zero-order valence-electron chi connectivity index (χ0n) is 14.1. The third-order valence-corrected chi connectivity index (χ3v) is 4.28. The highest BCUT2D eigenvalue weighted by Crippen LogP contribution is 2.29. The van der Waals surface area contributed by atoms with Crippen LogP contribution in [0.5, 0.6) is 11.5 Å². The molecule has 6 nitrogen and oxygen atoms in total. The second-order valence-corrected chi connectivity index (χ2v) is 5.86. The summed E-state index contributed by atoms with van der Waals surface area (Å²) in [6.07, 6.45) is 2.93. The Morgan fingerprint density at radius 1 is 1.13 bits per heavy atom. The van der Waals surface area contributed by atoms with Gasteiger partial charge < -0.3 is 19.7 Å². The zero-order valence-corrected chi connectivity index (χ0v) is 14.1. The van der Waals surface area contributed by atoms with Crippen molar-refractivity contribution in [3.05, 3.63) is 18.2 Å². The van der Waals surface area contributed by atoms with E-state index in [2.05, 4.69) is 5.32 Å². The van der Waals surface area contributed by atoms with Gasteiger partial charge in [-0.25, -0.2) is 0 Å². The first kappa shape index (κ1) is 17.1. The molecule has 0 bridgehead atoms. The lowest BCUT2D eigenvalue weighted by molar-refractivity contribution is -0.147. The molecule has 2 atom stereocenters. The van der Waals surface area contributed by atoms with Crippen molar-refractivity contribution >= 4 is 17.5 Å². The fourth-order valence-corrected chi connectivity index (χ4v) is 3.02. The van der Waals surface area contributed by atoms with Gasteiger partial charge in [0, 0.05) is 18.2 Å². The summed E-state index contributed by atoms with van der Waals surface area (Å²) in [5.74, 6) is -0.0775. The highest BCUT2D eigenvalue weighted by molar-refractivity contribution is 6.39. The standard InChI is InChI=1S/C17H24N2O4/c1-11-6-5-7-12(2)19(11)17(21)16(20)18-14-9-8-13(22-3)10-15(14)23-4/h8-12H,5-7H2,1-4H3,(H,18,20). The number of nitrogens with one attached hydrogen (secondary N) is 1. The molecule has 2 amide bonds. The van der Waals surface area contributed by atoms with Crippen LogP contribution in [0.3, 0.4) is 0 Å². The molecule has 1 aliphatic rings. The van der Waals surface area contributed by atoms with Crippen molar-refractivity contribution in [3.8, 4) is 11.5 Å². The van der Waals surface area contributed by atoms with Crippen LogP contribution in [0.15, 0.2) is 18.2 Å². The van der Waals surface area contributed by atoms with Gasteiger partial charge in [-0.15, -0.1) is 0 Å². The minimum absolute atomic E-state index is 0.0785. The van der Waals surface area contributed by atoms with Crippen LogP contribution in [0.4, 0.5) is 5.69 Å². The van der Waals surface area contributed by atoms with Crippen molar-refractivity contribution in [2.24, 2.45) is 0 Å². The van der Waals surface area contributed by atoms with E-state index in [4.69, 9.17) is 9.47 Å². The van der Waals surface area contributed by atoms with Crippen LogP contribution in [0.2, 0.25) is 0 Å². The number of carbonyl (C=O) groups is 2. The van der Waals surface area contributed by atoms with Gasteiger partial charge in [0.1, 0.15) is 11.5 Å². The number of likely N-dealkylation sites (tertiary alicyclic amines) is 1. The van der Waals surface area contributed by atoms with E-state index in [1.54, 1.807) is 30.2 Å². The lowest BCUT2D eigenvalue weighted by Crippen LogP contribution is -2.51. The molecule has 0 spiro atoms. The molecule has 1 saturated heterocycles. The van der Waals surface area contributed by atoms with E-state index < -0.39 is 11.8 Å². The predicted molar refractivity (Wildman–Crippen MR) is 87.8 cm³/mol. The maximum absolute atomic E-state index is 12.5. The molecular formula is C17H24N2O4. The number of nitrogens with zero attached hydrogens (tertiary/aromatic N) is 1. The SMILES string of the molecule is COc1ccc(NC(=O)C(=O)N2C(C)CCCC2C)c(OC)c1. The van der Waals surface area contributed by atoms with Gasteiger partial charge in [0.2, 0.25) is 0 Å². The van der Waals surface area contributed by atoms with Crippen molar-refractivity contribution in [3.63, 3.8) is 0 Å². The Morgan fingerprint density at radius 2 is 1.78 bits per heavy atom. The van der Waals surface area contributed by atoms with E-state index in [1.807, 2.05) is 13.8 Å². The number of amides is 2. The van der Waals surface area contributed by atoms with Crippen molar-refractivity contribution in [1.82, 2.24) is 4.90 Å². The summed E-state index contributed by atoms with van der Waals surface area (Å²) in [6.45, 7) is 3.96. The molecule has 2 rings (SSSR count). The van der Waals surface area contributed by atoms with Crippen molar-refractivity contribution in [2.45, 2.75) is 45.2 Å². The Balaban J connectivity index is 2.13. The quantitative estimate of drug-likeness (QED) is 0.869. The van der Waals surface area contributed by atoms with E-state index in [0.29, 0.717) is 17.2 Å². The molecule has 1 N–H and O–H groups in total. The van der Waals surface area contributed by atoms with Gasteiger partial charge in [0.25, 0.3) is 0 Å². The fraction of sp³-hybridized carbons (Fsp3) is 0.529. The number of piperidine rings is 1. The highest BCUT2D eigenvalue weighted by Gasteiger charge is 2.33. The van der Waals surface area contributed by atoms with Crippen LogP contribution in [0.1, 0.15) is 33.1 Å². The van der Waals surface area contributed by atoms with E-state index in [1.165, 1.54) is 7.11 Å². The van der Waals surface area contributed by atoms with E-state index >= 15 is 0 Å². The molecule has 0 radical (unpaired) electrons. The van der Waals surface area contributed by atoms with Gasteiger partial charge in [-0.05, 0) is 45.2 Å². The molecule has 0 aromatic heterocycles. The second kappa shape index (κ2) is 7.35. The van der Waals surface area contributed by atoms with Gasteiger partial charge in [0.05, 0.1) is 19.9 Å². The largest absolute Gasteiger partial charge is 0.497 e. The number of benzene rings is 1. The Morgan fingerprint density at radius 3 is 2.35 bits per heavy atom. The third kappa shape index (κ3) is 3.75. The van der Waals surface area contributed by atoms with Crippen LogP contribution in [-0.2, 0) is 9.59 Å². The summed E-state index contributed by atoms with van der Waals surface area (Å²) < 4.78 is 10.4. The average molecular weight is 320 g/mol. The number of hydrogen-bond acceptors (Lipinski definition) is 4. The van der Waals surface area contributed by atoms with Crippen molar-refractivity contribution in [1.29, 1.82) is 0 Å². The van der Waals surface area contributed by atoms with Crippen molar-refractivity contribution < 1.29 is 19.1 Å². The highest BCUT2D eigenvalue weighted by atomic mass is 16.5. The van der Waals surface area contributed by atoms with Crippen LogP contribution in [0, 0.1) is 0 Å². The van der Waals surface area contributed by atoms with Crippen LogP contribution in [0.25, 0.3) is 0 Å². The minimum atomic E-state index is -0.644. The van der Waals surface area contributed by atoms with Crippen LogP contribution in [-0.4, -0.2) is 43.0 Å². The monoisotopic (exact) mass is 320 g/mol. The normalized spacial score (nSPS) is 20.8. The van der Waals surface area contributed by atoms with E-state index in [-0.39, 0.29) is 12.1 Å². The summed E-state index contributed by atoms with van der Waals surface area (Å²) in [4.78, 5) is 26.5. The number of hydrogen-bond donors (Lipinski definition) is 1. The minimum Gasteiger partial charge on any atom is -0.497 e. The maximum Gasteiger partial charge on any atom is 0.314 e. The molecule has 1 fully saturated rings. The van der Waals surface area contributed by atoms with Gasteiger partial charge in [-0.3, -0.25) is 9.59 Å². The first-order valence-electron chi connectivity index (χ1n) is 7.83. The Bertz CT molecular complexity index is 578. The van der Waals surface area contributed by atoms with Crippen LogP contribution >= 0.6 is 0 Å². The molecule has 1 heterocycles. The average Bonchev–Trinajstić information content (AvgIpc) is 2.54. The second-order valence-electron chi connectivity index (χ2n) is 5.86. The number of rotatable bonds is 3. The molecule has 2 unspecified atom stereocenters. The maximum atomic E-state index is 12.5. The van der Waals surface area contributed by atoms with Crippen molar-refractivity contribution in [2.75, 3.05) is 19.5 Å². The van der Waals surface area contributed by atoms with E-state index in [0.717, 1.165) is 19.3 Å². The van der Waals surface area contributed by atoms with Gasteiger partial charge in [-0.2, -0.15) is 0 Å². The number of ether oxygens (including phenoxy) is 2. The Kier molecular flexibility index (Phi) is 5.47. The number of methoxy groups -OCH3 is 2. The molecule has 6 heteroatoms. The van der Waals surface area contributed by atoms with E-state index in [9.17, 15) is 9.59 Å². The lowest BCUT2D eigenvalue weighted by Gasteiger charge is -2.38. The lowest BCUT2D eigenvalue weighted by atomic mass is 9.97. The molecular weight excluding hydrogens is 296 g/mol. The van der Waals surface area contributed by atoms with Crippen LogP contribution < -0.4 is 14.8 Å². The molecule has 1 aromatic carbocycles.